The second-order valence-electron chi connectivity index (χ2n) is 4.40. The fraction of sp³-hybridized carbons (Fsp3) is 0.267. The molecule has 1 N–H and O–H groups in total. The molecule has 0 aliphatic rings. The van der Waals surface area contributed by atoms with Gasteiger partial charge in [0.15, 0.2) is 0 Å². The van der Waals surface area contributed by atoms with E-state index in [9.17, 15) is 9.90 Å². The SMILES string of the molecule is COc1ccc([C@@H](CO)N(C)C(=O)c2ccsc2)cc1. The van der Waals surface area contributed by atoms with E-state index in [4.69, 9.17) is 4.74 Å². The molecule has 0 saturated heterocycles. The number of ether oxygens (including phenoxy) is 1. The van der Waals surface area contributed by atoms with E-state index in [0.29, 0.717) is 5.56 Å². The minimum absolute atomic E-state index is 0.0962. The molecule has 2 aromatic rings. The lowest BCUT2D eigenvalue weighted by Crippen LogP contribution is -2.33. The number of aliphatic hydroxyl groups excluding tert-OH is 1. The van der Waals surface area contributed by atoms with Gasteiger partial charge < -0.3 is 14.7 Å². The van der Waals surface area contributed by atoms with Crippen molar-refractivity contribution in [2.75, 3.05) is 20.8 Å². The molecule has 0 fully saturated rings. The highest BCUT2D eigenvalue weighted by Gasteiger charge is 2.22. The van der Waals surface area contributed by atoms with Crippen molar-refractivity contribution in [2.45, 2.75) is 6.04 Å². The number of hydrogen-bond donors (Lipinski definition) is 1. The molecule has 0 unspecified atom stereocenters. The molecule has 0 aliphatic carbocycles. The smallest absolute Gasteiger partial charge is 0.255 e. The summed E-state index contributed by atoms with van der Waals surface area (Å²) in [6, 6.07) is 8.77. The summed E-state index contributed by atoms with van der Waals surface area (Å²) >= 11 is 1.48. The molecule has 1 atom stereocenters. The zero-order chi connectivity index (χ0) is 14.5. The maximum Gasteiger partial charge on any atom is 0.255 e. The van der Waals surface area contributed by atoms with Gasteiger partial charge >= 0.3 is 0 Å². The van der Waals surface area contributed by atoms with Gasteiger partial charge in [0.05, 0.1) is 25.3 Å². The molecule has 0 radical (unpaired) electrons. The average Bonchev–Trinajstić information content (AvgIpc) is 3.02. The van der Waals surface area contributed by atoms with Crippen LogP contribution in [0.25, 0.3) is 0 Å². The lowest BCUT2D eigenvalue weighted by Gasteiger charge is -2.27. The highest BCUT2D eigenvalue weighted by atomic mass is 32.1. The number of carbonyl (C=O) groups excluding carboxylic acids is 1. The molecule has 1 aromatic heterocycles. The van der Waals surface area contributed by atoms with Crippen molar-refractivity contribution in [3.8, 4) is 5.75 Å². The second-order valence-corrected chi connectivity index (χ2v) is 5.18. The summed E-state index contributed by atoms with van der Waals surface area (Å²) < 4.78 is 5.11. The molecule has 106 valence electrons. The van der Waals surface area contributed by atoms with Crippen molar-refractivity contribution >= 4 is 17.2 Å². The van der Waals surface area contributed by atoms with E-state index in [0.717, 1.165) is 11.3 Å². The van der Waals surface area contributed by atoms with Crippen LogP contribution in [0, 0.1) is 0 Å². The van der Waals surface area contributed by atoms with Crippen LogP contribution in [0.15, 0.2) is 41.1 Å². The van der Waals surface area contributed by atoms with Crippen LogP contribution >= 0.6 is 11.3 Å². The van der Waals surface area contributed by atoms with Gasteiger partial charge in [0.25, 0.3) is 5.91 Å². The third-order valence-corrected chi connectivity index (χ3v) is 3.91. The number of aliphatic hydroxyl groups is 1. The monoisotopic (exact) mass is 291 g/mol. The summed E-state index contributed by atoms with van der Waals surface area (Å²) in [5.41, 5.74) is 1.52. The molecule has 2 rings (SSSR count). The number of methoxy groups -OCH3 is 1. The Morgan fingerprint density at radius 3 is 2.55 bits per heavy atom. The highest BCUT2D eigenvalue weighted by Crippen LogP contribution is 2.23. The van der Waals surface area contributed by atoms with Gasteiger partial charge in [0.1, 0.15) is 5.75 Å². The Balaban J connectivity index is 2.20. The number of benzene rings is 1. The second kappa shape index (κ2) is 6.54. The highest BCUT2D eigenvalue weighted by molar-refractivity contribution is 7.08. The molecule has 5 heteroatoms. The number of nitrogens with zero attached hydrogens (tertiary/aromatic N) is 1. The molecule has 1 aromatic carbocycles. The fourth-order valence-electron chi connectivity index (χ4n) is 2.01. The van der Waals surface area contributed by atoms with E-state index in [2.05, 4.69) is 0 Å². The quantitative estimate of drug-likeness (QED) is 0.921. The summed E-state index contributed by atoms with van der Waals surface area (Å²) in [6.45, 7) is -0.126. The lowest BCUT2D eigenvalue weighted by atomic mass is 10.1. The predicted molar refractivity (Wildman–Crippen MR) is 79.2 cm³/mol. The molecule has 0 aliphatic heterocycles. The van der Waals surface area contributed by atoms with Crippen molar-refractivity contribution in [3.63, 3.8) is 0 Å². The van der Waals surface area contributed by atoms with Gasteiger partial charge in [-0.3, -0.25) is 4.79 Å². The number of carbonyl (C=O) groups is 1. The molecule has 4 nitrogen and oxygen atoms in total. The van der Waals surface area contributed by atoms with Gasteiger partial charge in [-0.2, -0.15) is 11.3 Å². The van der Waals surface area contributed by atoms with Crippen molar-refractivity contribution in [1.82, 2.24) is 4.90 Å². The minimum atomic E-state index is -0.367. The van der Waals surface area contributed by atoms with Gasteiger partial charge in [-0.25, -0.2) is 0 Å². The number of likely N-dealkylation sites (N-methyl/N-ethyl adjacent to an activating group) is 1. The van der Waals surface area contributed by atoms with Crippen LogP contribution in [0.1, 0.15) is 22.0 Å². The lowest BCUT2D eigenvalue weighted by molar-refractivity contribution is 0.0659. The summed E-state index contributed by atoms with van der Waals surface area (Å²) in [7, 11) is 3.30. The van der Waals surface area contributed by atoms with Gasteiger partial charge in [-0.05, 0) is 29.1 Å². The van der Waals surface area contributed by atoms with Crippen LogP contribution < -0.4 is 4.74 Å². The predicted octanol–water partition coefficient (Wildman–Crippen LogP) is 2.56. The van der Waals surface area contributed by atoms with Crippen molar-refractivity contribution in [2.24, 2.45) is 0 Å². The van der Waals surface area contributed by atoms with Gasteiger partial charge in [0, 0.05) is 12.4 Å². The maximum atomic E-state index is 12.3. The fourth-order valence-corrected chi connectivity index (χ4v) is 2.64. The van der Waals surface area contributed by atoms with Crippen LogP contribution in [0.4, 0.5) is 0 Å². The van der Waals surface area contributed by atoms with Crippen molar-refractivity contribution in [3.05, 3.63) is 52.2 Å². The van der Waals surface area contributed by atoms with Crippen LogP contribution in [-0.4, -0.2) is 36.7 Å². The third kappa shape index (κ3) is 3.00. The third-order valence-electron chi connectivity index (χ3n) is 3.23. The first kappa shape index (κ1) is 14.6. The van der Waals surface area contributed by atoms with E-state index < -0.39 is 0 Å². The summed E-state index contributed by atoms with van der Waals surface area (Å²) in [5.74, 6) is 0.651. The van der Waals surface area contributed by atoms with Gasteiger partial charge in [0.2, 0.25) is 0 Å². The molecule has 0 bridgehead atoms. The first-order valence-electron chi connectivity index (χ1n) is 6.21. The van der Waals surface area contributed by atoms with Crippen molar-refractivity contribution < 1.29 is 14.6 Å². The Hall–Kier alpha value is -1.85. The summed E-state index contributed by atoms with van der Waals surface area (Å²) in [4.78, 5) is 13.9. The van der Waals surface area contributed by atoms with E-state index in [1.165, 1.54) is 11.3 Å². The number of amides is 1. The van der Waals surface area contributed by atoms with Crippen LogP contribution in [0.2, 0.25) is 0 Å². The van der Waals surface area contributed by atoms with Crippen molar-refractivity contribution in [1.29, 1.82) is 0 Å². The topological polar surface area (TPSA) is 49.8 Å². The Kier molecular flexibility index (Phi) is 4.76. The molecule has 0 saturated carbocycles. The summed E-state index contributed by atoms with van der Waals surface area (Å²) in [5, 5.41) is 13.3. The Morgan fingerprint density at radius 2 is 2.05 bits per heavy atom. The average molecular weight is 291 g/mol. The van der Waals surface area contributed by atoms with E-state index in [-0.39, 0.29) is 18.6 Å². The summed E-state index contributed by atoms with van der Waals surface area (Å²) in [6.07, 6.45) is 0. The van der Waals surface area contributed by atoms with Crippen LogP contribution in [0.5, 0.6) is 5.75 Å². The minimum Gasteiger partial charge on any atom is -0.497 e. The van der Waals surface area contributed by atoms with Gasteiger partial charge in [-0.1, -0.05) is 12.1 Å². The molecule has 1 amide bonds. The largest absolute Gasteiger partial charge is 0.497 e. The first-order valence-corrected chi connectivity index (χ1v) is 7.15. The first-order chi connectivity index (χ1) is 9.67. The molecule has 20 heavy (non-hydrogen) atoms. The number of thiophene rings is 1. The van der Waals surface area contributed by atoms with Crippen LogP contribution in [-0.2, 0) is 0 Å². The zero-order valence-electron chi connectivity index (χ0n) is 11.4. The van der Waals surface area contributed by atoms with E-state index >= 15 is 0 Å². The number of rotatable bonds is 5. The van der Waals surface area contributed by atoms with E-state index in [1.807, 2.05) is 29.6 Å². The molecule has 1 heterocycles. The normalized spacial score (nSPS) is 11.9. The zero-order valence-corrected chi connectivity index (χ0v) is 12.3. The van der Waals surface area contributed by atoms with E-state index in [1.54, 1.807) is 30.5 Å². The molecular formula is C15H17NO3S. The Bertz CT molecular complexity index is 551. The standard InChI is InChI=1S/C15H17NO3S/c1-16(15(18)12-7-8-20-10-12)14(9-17)11-3-5-13(19-2)6-4-11/h3-8,10,14,17H,9H2,1-2H3/t14-/m1/s1. The van der Waals surface area contributed by atoms with Crippen LogP contribution in [0.3, 0.4) is 0 Å². The Morgan fingerprint density at radius 1 is 1.35 bits per heavy atom. The molecular weight excluding hydrogens is 274 g/mol. The number of hydrogen-bond acceptors (Lipinski definition) is 4. The maximum absolute atomic E-state index is 12.3. The molecule has 0 spiro atoms. The van der Waals surface area contributed by atoms with Gasteiger partial charge in [-0.15, -0.1) is 0 Å². The Labute approximate surface area is 122 Å².